The Kier molecular flexibility index (Phi) is 5.52. The predicted octanol–water partition coefficient (Wildman–Crippen LogP) is 1.63. The van der Waals surface area contributed by atoms with Crippen molar-refractivity contribution in [3.8, 4) is 0 Å². The fourth-order valence-corrected chi connectivity index (χ4v) is 3.23. The Balaban J connectivity index is 2.96. The topological polar surface area (TPSA) is 128 Å². The molecular weight excluding hydrogens is 298 g/mol. The zero-order chi connectivity index (χ0) is 17.1. The van der Waals surface area contributed by atoms with Crippen molar-refractivity contribution in [2.45, 2.75) is 51.6 Å². The molecule has 1 heterocycles. The van der Waals surface area contributed by atoms with Crippen molar-refractivity contribution in [1.82, 2.24) is 5.06 Å². The second kappa shape index (κ2) is 6.61. The van der Waals surface area contributed by atoms with Gasteiger partial charge in [-0.3, -0.25) is 0 Å². The van der Waals surface area contributed by atoms with E-state index in [9.17, 15) is 25.4 Å². The maximum atomic E-state index is 12.6. The van der Waals surface area contributed by atoms with E-state index in [2.05, 4.69) is 9.68 Å². The Morgan fingerprint density at radius 3 is 2.09 bits per heavy atom. The second-order valence-corrected chi connectivity index (χ2v) is 6.80. The van der Waals surface area contributed by atoms with E-state index in [0.29, 0.717) is 12.8 Å². The molecule has 0 aromatic carbocycles. The molecule has 0 spiro atoms. The fourth-order valence-electron chi connectivity index (χ4n) is 3.23. The third-order valence-corrected chi connectivity index (χ3v) is 4.28. The van der Waals surface area contributed by atoms with Crippen LogP contribution in [0.15, 0.2) is 0 Å². The lowest BCUT2D eigenvalue weighted by Crippen LogP contribution is -2.55. The average molecular weight is 320 g/mol. The van der Waals surface area contributed by atoms with Gasteiger partial charge in [-0.05, 0) is 46.5 Å². The summed E-state index contributed by atoms with van der Waals surface area (Å²) in [7, 11) is 0. The molecule has 2 atom stereocenters. The molecule has 0 aliphatic carbocycles. The van der Waals surface area contributed by atoms with Gasteiger partial charge in [0.05, 0.1) is 6.61 Å². The quantitative estimate of drug-likeness (QED) is 0.537. The van der Waals surface area contributed by atoms with Gasteiger partial charge < -0.3 is 9.68 Å². The van der Waals surface area contributed by atoms with Crippen LogP contribution in [0.3, 0.4) is 0 Å². The summed E-state index contributed by atoms with van der Waals surface area (Å²) in [6.07, 6.45) is 0.763. The first kappa shape index (κ1) is 18.4. The van der Waals surface area contributed by atoms with Crippen LogP contribution >= 0.6 is 0 Å². The molecule has 10 heteroatoms. The van der Waals surface area contributed by atoms with Gasteiger partial charge in [0.2, 0.25) is 0 Å². The van der Waals surface area contributed by atoms with Crippen molar-refractivity contribution in [1.29, 1.82) is 0 Å². The molecule has 0 aromatic rings. The van der Waals surface area contributed by atoms with Crippen molar-refractivity contribution in [2.24, 2.45) is 11.8 Å². The van der Waals surface area contributed by atoms with Gasteiger partial charge in [0.1, 0.15) is 6.61 Å². The standard InChI is InChI=1S/C12H22N3O7/c1-11(2)6-9(7-21-14(17)18)5-10(8-22-15(19)20)12(3,4)13(11)16/h9-10H,5-8H2,1-4H3. The molecule has 1 rings (SSSR count). The summed E-state index contributed by atoms with van der Waals surface area (Å²) in [6, 6.07) is 0. The monoisotopic (exact) mass is 320 g/mol. The van der Waals surface area contributed by atoms with E-state index in [4.69, 9.17) is 0 Å². The molecule has 0 bridgehead atoms. The maximum absolute atomic E-state index is 12.6. The molecule has 0 aromatic heterocycles. The zero-order valence-electron chi connectivity index (χ0n) is 13.2. The smallest absolute Gasteiger partial charge is 0.294 e. The molecule has 1 radical (unpaired) electrons. The predicted molar refractivity (Wildman–Crippen MR) is 72.8 cm³/mol. The van der Waals surface area contributed by atoms with Crippen molar-refractivity contribution in [2.75, 3.05) is 13.2 Å². The molecule has 1 saturated heterocycles. The van der Waals surface area contributed by atoms with Gasteiger partial charge in [0.15, 0.2) is 0 Å². The van der Waals surface area contributed by atoms with E-state index in [1.54, 1.807) is 27.7 Å². The minimum absolute atomic E-state index is 0.144. The van der Waals surface area contributed by atoms with Gasteiger partial charge in [-0.1, -0.05) is 0 Å². The zero-order valence-corrected chi connectivity index (χ0v) is 13.2. The van der Waals surface area contributed by atoms with Gasteiger partial charge in [0.25, 0.3) is 10.2 Å². The summed E-state index contributed by atoms with van der Waals surface area (Å²) < 4.78 is 0. The summed E-state index contributed by atoms with van der Waals surface area (Å²) in [5, 5.41) is 32.6. The highest BCUT2D eigenvalue weighted by atomic mass is 17.0. The van der Waals surface area contributed by atoms with E-state index in [1.807, 2.05) is 0 Å². The molecule has 1 aliphatic rings. The lowest BCUT2D eigenvalue weighted by Gasteiger charge is -2.43. The van der Waals surface area contributed by atoms with E-state index < -0.39 is 27.2 Å². The van der Waals surface area contributed by atoms with Gasteiger partial charge in [0, 0.05) is 17.0 Å². The number of hydroxylamine groups is 2. The molecule has 1 aliphatic heterocycles. The van der Waals surface area contributed by atoms with Crippen molar-refractivity contribution in [3.63, 3.8) is 0 Å². The summed E-state index contributed by atoms with van der Waals surface area (Å²) in [6.45, 7) is 6.52. The van der Waals surface area contributed by atoms with Crippen molar-refractivity contribution >= 4 is 0 Å². The molecule has 10 nitrogen and oxygen atoms in total. The second-order valence-electron chi connectivity index (χ2n) is 6.80. The number of hydrogen-bond donors (Lipinski definition) is 0. The fraction of sp³-hybridized carbons (Fsp3) is 1.00. The molecule has 0 saturated carbocycles. The van der Waals surface area contributed by atoms with Gasteiger partial charge in [-0.15, -0.1) is 30.5 Å². The van der Waals surface area contributed by atoms with Crippen molar-refractivity contribution < 1.29 is 25.1 Å². The first-order valence-electron chi connectivity index (χ1n) is 6.99. The lowest BCUT2D eigenvalue weighted by molar-refractivity contribution is -0.761. The Hall–Kier alpha value is -1.68. The summed E-state index contributed by atoms with van der Waals surface area (Å²) in [5.74, 6) is -0.712. The first-order valence-corrected chi connectivity index (χ1v) is 6.99. The largest absolute Gasteiger partial charge is 0.314 e. The molecule has 22 heavy (non-hydrogen) atoms. The third kappa shape index (κ3) is 4.41. The Morgan fingerprint density at radius 2 is 1.59 bits per heavy atom. The Morgan fingerprint density at radius 1 is 1.09 bits per heavy atom. The van der Waals surface area contributed by atoms with Gasteiger partial charge >= 0.3 is 0 Å². The summed E-state index contributed by atoms with van der Waals surface area (Å²) in [4.78, 5) is 29.7. The highest BCUT2D eigenvalue weighted by Gasteiger charge is 2.48. The van der Waals surface area contributed by atoms with Crippen LogP contribution in [-0.4, -0.2) is 39.5 Å². The van der Waals surface area contributed by atoms with Crippen LogP contribution < -0.4 is 0 Å². The normalized spacial score (nSPS) is 27.7. The number of rotatable bonds is 6. The number of nitrogens with zero attached hydrogens (tertiary/aromatic N) is 3. The maximum Gasteiger partial charge on any atom is 0.294 e. The van der Waals surface area contributed by atoms with E-state index in [1.165, 1.54) is 0 Å². The van der Waals surface area contributed by atoms with Crippen molar-refractivity contribution in [3.05, 3.63) is 20.2 Å². The minimum Gasteiger partial charge on any atom is -0.314 e. The molecular formula is C12H22N3O7. The van der Waals surface area contributed by atoms with Crippen LogP contribution in [0.4, 0.5) is 0 Å². The highest BCUT2D eigenvalue weighted by Crippen LogP contribution is 2.41. The lowest BCUT2D eigenvalue weighted by atomic mass is 9.82. The highest BCUT2D eigenvalue weighted by molar-refractivity contribution is 4.97. The van der Waals surface area contributed by atoms with E-state index in [-0.39, 0.29) is 19.1 Å². The molecule has 0 N–H and O–H groups in total. The first-order chi connectivity index (χ1) is 9.96. The molecule has 0 amide bonds. The van der Waals surface area contributed by atoms with E-state index in [0.717, 1.165) is 5.06 Å². The minimum atomic E-state index is -0.900. The number of hydrogen-bond acceptors (Lipinski definition) is 7. The van der Waals surface area contributed by atoms with Crippen LogP contribution in [0.25, 0.3) is 0 Å². The Bertz CT molecular complexity index is 427. The van der Waals surface area contributed by atoms with Crippen LogP contribution in [0.1, 0.15) is 40.5 Å². The molecule has 2 unspecified atom stereocenters. The molecule has 1 fully saturated rings. The van der Waals surface area contributed by atoms with Gasteiger partial charge in [-0.2, -0.15) is 0 Å². The van der Waals surface area contributed by atoms with Crippen LogP contribution in [0, 0.1) is 32.1 Å². The van der Waals surface area contributed by atoms with Crippen LogP contribution in [0.2, 0.25) is 0 Å². The van der Waals surface area contributed by atoms with Crippen LogP contribution in [-0.2, 0) is 14.9 Å². The van der Waals surface area contributed by atoms with E-state index >= 15 is 0 Å². The summed E-state index contributed by atoms with van der Waals surface area (Å²) >= 11 is 0. The third-order valence-electron chi connectivity index (χ3n) is 4.28. The van der Waals surface area contributed by atoms with Crippen LogP contribution in [0.5, 0.6) is 0 Å². The van der Waals surface area contributed by atoms with Gasteiger partial charge in [-0.25, -0.2) is 0 Å². The summed E-state index contributed by atoms with van der Waals surface area (Å²) in [5.41, 5.74) is -1.67. The Labute approximate surface area is 128 Å². The SMILES string of the molecule is CC1(C)CC(CO[N+](=O)[O-])CC(CO[N+](=O)[O-])C(C)(C)N1[O]. The average Bonchev–Trinajstić information content (AvgIpc) is 2.43. The molecule has 127 valence electrons.